The average molecular weight is 396 g/mol. The number of rotatable bonds is 5. The second-order valence-electron chi connectivity index (χ2n) is 5.97. The Morgan fingerprint density at radius 1 is 0.920 bits per heavy atom. The van der Waals surface area contributed by atoms with Gasteiger partial charge in [0.15, 0.2) is 5.78 Å². The second-order valence-corrected chi connectivity index (χ2v) is 6.82. The lowest BCUT2D eigenvalue weighted by molar-refractivity contribution is -0.118. The minimum absolute atomic E-state index is 0.0568. The molecule has 0 spiro atoms. The van der Waals surface area contributed by atoms with E-state index in [0.717, 1.165) is 20.8 Å². The highest BCUT2D eigenvalue weighted by atomic mass is 79.9. The Kier molecular flexibility index (Phi) is 5.29. The Bertz CT molecular complexity index is 922. The van der Waals surface area contributed by atoms with E-state index >= 15 is 0 Å². The zero-order valence-electron chi connectivity index (χ0n) is 13.8. The van der Waals surface area contributed by atoms with Crippen molar-refractivity contribution >= 4 is 38.4 Å². The van der Waals surface area contributed by atoms with Crippen LogP contribution in [-0.4, -0.2) is 17.7 Å². The van der Waals surface area contributed by atoms with Gasteiger partial charge < -0.3 is 5.32 Å². The number of benzene rings is 3. The smallest absolute Gasteiger partial charge is 0.252 e. The van der Waals surface area contributed by atoms with Crippen molar-refractivity contribution in [2.24, 2.45) is 0 Å². The number of carbonyl (C=O) groups excluding carboxylic acids is 2. The van der Waals surface area contributed by atoms with E-state index in [0.29, 0.717) is 12.0 Å². The summed E-state index contributed by atoms with van der Waals surface area (Å²) < 4.78 is 0.937. The molecule has 0 saturated heterocycles. The predicted octanol–water partition coefficient (Wildman–Crippen LogP) is 4.53. The SMILES string of the molecule is CC(=O)[C@H](Cc1ccccc1)NC(=O)c1ccc(Br)c2ccccc12. The molecule has 0 aliphatic rings. The summed E-state index contributed by atoms with van der Waals surface area (Å²) in [5.74, 6) is -0.293. The number of carbonyl (C=O) groups is 2. The Labute approximate surface area is 155 Å². The molecule has 4 heteroatoms. The van der Waals surface area contributed by atoms with E-state index in [1.807, 2.05) is 60.7 Å². The number of nitrogens with one attached hydrogen (secondary N) is 1. The van der Waals surface area contributed by atoms with Gasteiger partial charge in [0.1, 0.15) is 0 Å². The van der Waals surface area contributed by atoms with Gasteiger partial charge in [0.05, 0.1) is 6.04 Å². The molecule has 0 radical (unpaired) electrons. The molecule has 0 saturated carbocycles. The van der Waals surface area contributed by atoms with E-state index in [1.54, 1.807) is 6.07 Å². The van der Waals surface area contributed by atoms with Crippen LogP contribution in [0.25, 0.3) is 10.8 Å². The Hall–Kier alpha value is -2.46. The van der Waals surface area contributed by atoms with Crippen molar-refractivity contribution in [2.75, 3.05) is 0 Å². The van der Waals surface area contributed by atoms with Crippen LogP contribution in [0.2, 0.25) is 0 Å². The first-order chi connectivity index (χ1) is 12.1. The number of Topliss-reactive ketones (excluding diaryl/α,β-unsaturated/α-hetero) is 1. The van der Waals surface area contributed by atoms with Gasteiger partial charge >= 0.3 is 0 Å². The highest BCUT2D eigenvalue weighted by Crippen LogP contribution is 2.26. The van der Waals surface area contributed by atoms with E-state index < -0.39 is 6.04 Å². The maximum Gasteiger partial charge on any atom is 0.252 e. The normalized spacial score (nSPS) is 11.9. The topological polar surface area (TPSA) is 46.2 Å². The maximum atomic E-state index is 12.8. The lowest BCUT2D eigenvalue weighted by atomic mass is 10.0. The summed E-state index contributed by atoms with van der Waals surface area (Å²) in [4.78, 5) is 24.8. The van der Waals surface area contributed by atoms with Crippen molar-refractivity contribution in [3.05, 3.63) is 82.3 Å². The summed E-state index contributed by atoms with van der Waals surface area (Å²) >= 11 is 3.51. The van der Waals surface area contributed by atoms with Crippen LogP contribution >= 0.6 is 15.9 Å². The molecule has 0 aliphatic heterocycles. The highest BCUT2D eigenvalue weighted by Gasteiger charge is 2.20. The Morgan fingerprint density at radius 3 is 2.24 bits per heavy atom. The van der Waals surface area contributed by atoms with Gasteiger partial charge in [0.2, 0.25) is 0 Å². The number of halogens is 1. The average Bonchev–Trinajstić information content (AvgIpc) is 2.62. The van der Waals surface area contributed by atoms with Gasteiger partial charge in [-0.25, -0.2) is 0 Å². The van der Waals surface area contributed by atoms with Crippen LogP contribution in [-0.2, 0) is 11.2 Å². The Balaban J connectivity index is 1.87. The van der Waals surface area contributed by atoms with Gasteiger partial charge in [-0.15, -0.1) is 0 Å². The van der Waals surface area contributed by atoms with Crippen molar-refractivity contribution in [1.82, 2.24) is 5.32 Å². The molecule has 3 aromatic carbocycles. The molecule has 1 atom stereocenters. The second kappa shape index (κ2) is 7.62. The first kappa shape index (κ1) is 17.4. The molecule has 0 aromatic heterocycles. The zero-order chi connectivity index (χ0) is 17.8. The fourth-order valence-electron chi connectivity index (χ4n) is 2.84. The quantitative estimate of drug-likeness (QED) is 0.689. The maximum absolute atomic E-state index is 12.8. The summed E-state index contributed by atoms with van der Waals surface area (Å²) in [6, 6.07) is 20.5. The van der Waals surface area contributed by atoms with Gasteiger partial charge in [-0.1, -0.05) is 70.5 Å². The summed E-state index contributed by atoms with van der Waals surface area (Å²) in [5, 5.41) is 4.72. The van der Waals surface area contributed by atoms with Crippen molar-refractivity contribution in [1.29, 1.82) is 0 Å². The molecule has 25 heavy (non-hydrogen) atoms. The van der Waals surface area contributed by atoms with Crippen LogP contribution in [0.15, 0.2) is 71.2 Å². The van der Waals surface area contributed by atoms with Gasteiger partial charge in [-0.2, -0.15) is 0 Å². The molecule has 0 unspecified atom stereocenters. The molecule has 3 nitrogen and oxygen atoms in total. The molecule has 3 rings (SSSR count). The van der Waals surface area contributed by atoms with Crippen LogP contribution < -0.4 is 5.32 Å². The largest absolute Gasteiger partial charge is 0.342 e. The minimum Gasteiger partial charge on any atom is -0.342 e. The van der Waals surface area contributed by atoms with Crippen molar-refractivity contribution in [3.8, 4) is 0 Å². The van der Waals surface area contributed by atoms with E-state index in [-0.39, 0.29) is 11.7 Å². The molecule has 3 aromatic rings. The minimum atomic E-state index is -0.544. The van der Waals surface area contributed by atoms with Crippen molar-refractivity contribution in [3.63, 3.8) is 0 Å². The third-order valence-corrected chi connectivity index (χ3v) is 4.89. The van der Waals surface area contributed by atoms with Gasteiger partial charge in [0.25, 0.3) is 5.91 Å². The summed E-state index contributed by atoms with van der Waals surface area (Å²) in [5.41, 5.74) is 1.58. The fraction of sp³-hybridized carbons (Fsp3) is 0.143. The Morgan fingerprint density at radius 2 is 1.56 bits per heavy atom. The molecule has 0 heterocycles. The zero-order valence-corrected chi connectivity index (χ0v) is 15.4. The van der Waals surface area contributed by atoms with Gasteiger partial charge in [-0.05, 0) is 41.8 Å². The summed E-state index contributed by atoms with van der Waals surface area (Å²) in [6.07, 6.45) is 0.483. The van der Waals surface area contributed by atoms with Crippen LogP contribution in [0, 0.1) is 0 Å². The molecular weight excluding hydrogens is 378 g/mol. The third-order valence-electron chi connectivity index (χ3n) is 4.19. The van der Waals surface area contributed by atoms with Crippen LogP contribution in [0.4, 0.5) is 0 Å². The third kappa shape index (κ3) is 3.97. The number of amides is 1. The van der Waals surface area contributed by atoms with E-state index in [2.05, 4.69) is 21.2 Å². The monoisotopic (exact) mass is 395 g/mol. The number of hydrogen-bond acceptors (Lipinski definition) is 2. The molecule has 0 bridgehead atoms. The molecular formula is C21H18BrNO2. The first-order valence-corrected chi connectivity index (χ1v) is 8.88. The molecule has 1 N–H and O–H groups in total. The van der Waals surface area contributed by atoms with Gasteiger partial charge in [0, 0.05) is 10.0 Å². The van der Waals surface area contributed by atoms with Crippen molar-refractivity contribution < 1.29 is 9.59 Å². The molecule has 0 aliphatic carbocycles. The number of ketones is 1. The van der Waals surface area contributed by atoms with E-state index in [9.17, 15) is 9.59 Å². The van der Waals surface area contributed by atoms with Crippen LogP contribution in [0.3, 0.4) is 0 Å². The molecule has 0 fully saturated rings. The molecule has 126 valence electrons. The summed E-state index contributed by atoms with van der Waals surface area (Å²) in [7, 11) is 0. The molecule has 1 amide bonds. The lowest BCUT2D eigenvalue weighted by Crippen LogP contribution is -2.41. The first-order valence-electron chi connectivity index (χ1n) is 8.09. The standard InChI is InChI=1S/C21H18BrNO2/c1-14(24)20(13-15-7-3-2-4-8-15)23-21(25)18-11-12-19(22)17-10-6-5-9-16(17)18/h2-12,20H,13H2,1H3,(H,23,25)/t20-/m0/s1. The van der Waals surface area contributed by atoms with Crippen LogP contribution in [0.5, 0.6) is 0 Å². The lowest BCUT2D eigenvalue weighted by Gasteiger charge is -2.17. The summed E-state index contributed by atoms with van der Waals surface area (Å²) in [6.45, 7) is 1.51. The fourth-order valence-corrected chi connectivity index (χ4v) is 3.32. The number of hydrogen-bond donors (Lipinski definition) is 1. The number of fused-ring (bicyclic) bond motifs is 1. The van der Waals surface area contributed by atoms with Gasteiger partial charge in [-0.3, -0.25) is 9.59 Å². The van der Waals surface area contributed by atoms with E-state index in [4.69, 9.17) is 0 Å². The van der Waals surface area contributed by atoms with Crippen LogP contribution in [0.1, 0.15) is 22.8 Å². The highest BCUT2D eigenvalue weighted by molar-refractivity contribution is 9.10. The predicted molar refractivity (Wildman–Crippen MR) is 104 cm³/mol. The van der Waals surface area contributed by atoms with Crippen molar-refractivity contribution in [2.45, 2.75) is 19.4 Å². The van der Waals surface area contributed by atoms with E-state index in [1.165, 1.54) is 6.92 Å².